The summed E-state index contributed by atoms with van der Waals surface area (Å²) in [6.45, 7) is 8.70. The molecule has 2 atom stereocenters. The highest BCUT2D eigenvalue weighted by Gasteiger charge is 2.25. The lowest BCUT2D eigenvalue weighted by Crippen LogP contribution is -2.40. The molecular formula is C25H34N2O. The monoisotopic (exact) mass is 378 g/mol. The van der Waals surface area contributed by atoms with Crippen molar-refractivity contribution in [3.8, 4) is 0 Å². The number of rotatable bonds is 5. The molecule has 0 aliphatic heterocycles. The summed E-state index contributed by atoms with van der Waals surface area (Å²) in [5, 5.41) is 6.44. The van der Waals surface area contributed by atoms with E-state index in [0.29, 0.717) is 17.8 Å². The van der Waals surface area contributed by atoms with Crippen LogP contribution in [0.1, 0.15) is 87.8 Å². The molecule has 0 saturated heterocycles. The van der Waals surface area contributed by atoms with Gasteiger partial charge in [-0.2, -0.15) is 0 Å². The highest BCUT2D eigenvalue weighted by Crippen LogP contribution is 2.34. The van der Waals surface area contributed by atoms with Crippen LogP contribution in [0.3, 0.4) is 0 Å². The molecule has 0 radical (unpaired) electrons. The number of benzene rings is 2. The van der Waals surface area contributed by atoms with Crippen molar-refractivity contribution in [2.24, 2.45) is 0 Å². The zero-order valence-electron chi connectivity index (χ0n) is 17.7. The molecule has 0 bridgehead atoms. The van der Waals surface area contributed by atoms with E-state index in [1.807, 2.05) is 0 Å². The first kappa shape index (κ1) is 20.4. The number of hydrogen-bond acceptors (Lipinski definition) is 1. The Hall–Kier alpha value is -2.29. The van der Waals surface area contributed by atoms with Crippen molar-refractivity contribution in [3.05, 3.63) is 65.2 Å². The first-order chi connectivity index (χ1) is 13.5. The van der Waals surface area contributed by atoms with Crippen LogP contribution in [-0.2, 0) is 0 Å². The molecule has 1 fully saturated rings. The van der Waals surface area contributed by atoms with E-state index in [1.54, 1.807) is 0 Å². The lowest BCUT2D eigenvalue weighted by atomic mass is 9.81. The minimum atomic E-state index is -0.0753. The summed E-state index contributed by atoms with van der Waals surface area (Å²) in [6, 6.07) is 17.2. The van der Waals surface area contributed by atoms with Crippen LogP contribution in [-0.4, -0.2) is 12.1 Å². The van der Waals surface area contributed by atoms with Gasteiger partial charge in [0.05, 0.1) is 0 Å². The molecule has 2 N–H and O–H groups in total. The number of para-hydroxylation sites is 1. The summed E-state index contributed by atoms with van der Waals surface area (Å²) < 4.78 is 0. The van der Waals surface area contributed by atoms with Crippen LogP contribution in [0.15, 0.2) is 48.5 Å². The largest absolute Gasteiger partial charge is 0.335 e. The zero-order chi connectivity index (χ0) is 20.1. The minimum absolute atomic E-state index is 0.0753. The molecule has 1 saturated carbocycles. The van der Waals surface area contributed by atoms with Crippen LogP contribution >= 0.6 is 0 Å². The van der Waals surface area contributed by atoms with Crippen molar-refractivity contribution >= 4 is 11.7 Å². The summed E-state index contributed by atoms with van der Waals surface area (Å²) >= 11 is 0. The first-order valence-electron chi connectivity index (χ1n) is 10.7. The molecule has 150 valence electrons. The molecule has 3 heteroatoms. The van der Waals surface area contributed by atoms with Crippen LogP contribution in [0.2, 0.25) is 0 Å². The van der Waals surface area contributed by atoms with E-state index in [0.717, 1.165) is 24.9 Å². The number of amides is 2. The highest BCUT2D eigenvalue weighted by atomic mass is 16.2. The minimum Gasteiger partial charge on any atom is -0.335 e. The third-order valence-corrected chi connectivity index (χ3v) is 5.89. The summed E-state index contributed by atoms with van der Waals surface area (Å²) in [5.74, 6) is 1.27. The van der Waals surface area contributed by atoms with E-state index in [1.165, 1.54) is 23.1 Å². The van der Waals surface area contributed by atoms with E-state index in [-0.39, 0.29) is 12.1 Å². The molecule has 3 rings (SSSR count). The molecule has 0 aromatic heterocycles. The van der Waals surface area contributed by atoms with Crippen LogP contribution in [0, 0.1) is 0 Å². The third-order valence-electron chi connectivity index (χ3n) is 5.89. The number of carbonyl (C=O) groups excluding carboxylic acids is 1. The van der Waals surface area contributed by atoms with Crippen molar-refractivity contribution in [1.29, 1.82) is 0 Å². The van der Waals surface area contributed by atoms with Crippen molar-refractivity contribution in [1.82, 2.24) is 5.32 Å². The number of urea groups is 1. The Morgan fingerprint density at radius 1 is 0.893 bits per heavy atom. The average molecular weight is 379 g/mol. The molecule has 1 aliphatic carbocycles. The fourth-order valence-corrected chi connectivity index (χ4v) is 4.38. The quantitative estimate of drug-likeness (QED) is 0.591. The molecule has 3 nitrogen and oxygen atoms in total. The second-order valence-electron chi connectivity index (χ2n) is 8.69. The second kappa shape index (κ2) is 9.27. The fourth-order valence-electron chi connectivity index (χ4n) is 4.38. The third kappa shape index (κ3) is 4.95. The van der Waals surface area contributed by atoms with E-state index in [4.69, 9.17) is 0 Å². The lowest BCUT2D eigenvalue weighted by Gasteiger charge is -2.30. The molecule has 2 aromatic carbocycles. The van der Waals surface area contributed by atoms with Gasteiger partial charge in [-0.25, -0.2) is 4.79 Å². The Kier molecular flexibility index (Phi) is 6.77. The van der Waals surface area contributed by atoms with Gasteiger partial charge < -0.3 is 10.6 Å². The summed E-state index contributed by atoms with van der Waals surface area (Å²) in [5.41, 5.74) is 4.78. The van der Waals surface area contributed by atoms with Crippen LogP contribution in [0.25, 0.3) is 0 Å². The summed E-state index contributed by atoms with van der Waals surface area (Å²) in [6.07, 6.45) is 4.43. The standard InChI is InChI=1S/C25H34N2O/c1-17(2)22-14-9-15-23(18(3)4)24(22)27-25(28)26-21-13-8-12-20(16-21)19-10-6-5-7-11-19/h5-7,9-11,14-15,17-18,20-21H,8,12-13,16H2,1-4H3,(H2,26,27,28). The van der Waals surface area contributed by atoms with Crippen molar-refractivity contribution in [2.75, 3.05) is 5.32 Å². The molecular weight excluding hydrogens is 344 g/mol. The zero-order valence-corrected chi connectivity index (χ0v) is 17.7. The van der Waals surface area contributed by atoms with Crippen molar-refractivity contribution < 1.29 is 4.79 Å². The number of nitrogens with one attached hydrogen (secondary N) is 2. The maximum atomic E-state index is 12.9. The van der Waals surface area contributed by atoms with Gasteiger partial charge in [-0.3, -0.25) is 0 Å². The van der Waals surface area contributed by atoms with Gasteiger partial charge in [0, 0.05) is 11.7 Å². The van der Waals surface area contributed by atoms with E-state index in [9.17, 15) is 4.79 Å². The van der Waals surface area contributed by atoms with Crippen molar-refractivity contribution in [2.45, 2.75) is 77.2 Å². The number of anilines is 1. The van der Waals surface area contributed by atoms with Gasteiger partial charge >= 0.3 is 6.03 Å². The van der Waals surface area contributed by atoms with Gasteiger partial charge in [-0.15, -0.1) is 0 Å². The predicted molar refractivity (Wildman–Crippen MR) is 118 cm³/mol. The molecule has 0 spiro atoms. The Labute approximate surface area is 169 Å². The fraction of sp³-hybridized carbons (Fsp3) is 0.480. The maximum Gasteiger partial charge on any atom is 0.319 e. The Morgan fingerprint density at radius 3 is 2.14 bits per heavy atom. The summed E-state index contributed by atoms with van der Waals surface area (Å²) in [7, 11) is 0. The number of carbonyl (C=O) groups is 1. The van der Waals surface area contributed by atoms with Gasteiger partial charge in [-0.1, -0.05) is 82.6 Å². The van der Waals surface area contributed by atoms with Crippen LogP contribution in [0.4, 0.5) is 10.5 Å². The van der Waals surface area contributed by atoms with Gasteiger partial charge in [-0.05, 0) is 53.7 Å². The van der Waals surface area contributed by atoms with Gasteiger partial charge in [0.2, 0.25) is 0 Å². The normalized spacial score (nSPS) is 19.6. The van der Waals surface area contributed by atoms with E-state index < -0.39 is 0 Å². The maximum absolute atomic E-state index is 12.9. The van der Waals surface area contributed by atoms with Crippen LogP contribution in [0.5, 0.6) is 0 Å². The molecule has 0 heterocycles. The molecule has 28 heavy (non-hydrogen) atoms. The SMILES string of the molecule is CC(C)c1cccc(C(C)C)c1NC(=O)NC1CCCC(c2ccccc2)C1. The molecule has 2 amide bonds. The first-order valence-corrected chi connectivity index (χ1v) is 10.7. The Bertz CT molecular complexity index is 756. The number of hydrogen-bond donors (Lipinski definition) is 2. The van der Waals surface area contributed by atoms with Gasteiger partial charge in [0.1, 0.15) is 0 Å². The van der Waals surface area contributed by atoms with Crippen LogP contribution < -0.4 is 10.6 Å². The van der Waals surface area contributed by atoms with E-state index >= 15 is 0 Å². The Morgan fingerprint density at radius 2 is 1.54 bits per heavy atom. The lowest BCUT2D eigenvalue weighted by molar-refractivity contribution is 0.242. The molecule has 1 aliphatic rings. The predicted octanol–water partition coefficient (Wildman–Crippen LogP) is 6.78. The molecule has 2 aromatic rings. The van der Waals surface area contributed by atoms with Crippen molar-refractivity contribution in [3.63, 3.8) is 0 Å². The smallest absolute Gasteiger partial charge is 0.319 e. The highest BCUT2D eigenvalue weighted by molar-refractivity contribution is 5.91. The average Bonchev–Trinajstić information content (AvgIpc) is 2.68. The summed E-state index contributed by atoms with van der Waals surface area (Å²) in [4.78, 5) is 12.9. The van der Waals surface area contributed by atoms with Gasteiger partial charge in [0.25, 0.3) is 0 Å². The second-order valence-corrected chi connectivity index (χ2v) is 8.69. The topological polar surface area (TPSA) is 41.1 Å². The van der Waals surface area contributed by atoms with Gasteiger partial charge in [0.15, 0.2) is 0 Å². The molecule has 2 unspecified atom stereocenters. The van der Waals surface area contributed by atoms with E-state index in [2.05, 4.69) is 86.9 Å². The Balaban J connectivity index is 1.69.